The van der Waals surface area contributed by atoms with Gasteiger partial charge in [-0.15, -0.1) is 0 Å². The molecule has 1 aromatic carbocycles. The molecule has 1 aliphatic heterocycles. The normalized spacial score (nSPS) is 21.6. The van der Waals surface area contributed by atoms with Gasteiger partial charge in [-0.25, -0.2) is 4.39 Å². The third kappa shape index (κ3) is 3.81. The summed E-state index contributed by atoms with van der Waals surface area (Å²) in [4.78, 5) is 1.35. The SMILES string of the molecule is Fc1ccc(I)cc1CN1CCCCC1C(F)(F)F. The van der Waals surface area contributed by atoms with Crippen molar-refractivity contribution in [3.8, 4) is 0 Å². The predicted octanol–water partition coefficient (Wildman–Crippen LogP) is 4.35. The predicted molar refractivity (Wildman–Crippen MR) is 73.2 cm³/mol. The first kappa shape index (κ1) is 15.0. The van der Waals surface area contributed by atoms with Crippen LogP contribution in [0.3, 0.4) is 0 Å². The van der Waals surface area contributed by atoms with Crippen molar-refractivity contribution in [2.24, 2.45) is 0 Å². The Morgan fingerprint density at radius 3 is 2.68 bits per heavy atom. The highest BCUT2D eigenvalue weighted by Crippen LogP contribution is 2.33. The summed E-state index contributed by atoms with van der Waals surface area (Å²) in [6.45, 7) is 0.391. The van der Waals surface area contributed by atoms with Gasteiger partial charge in [0.2, 0.25) is 0 Å². The van der Waals surface area contributed by atoms with E-state index in [-0.39, 0.29) is 13.0 Å². The summed E-state index contributed by atoms with van der Waals surface area (Å²) in [5, 5.41) is 0. The molecule has 1 heterocycles. The van der Waals surface area contributed by atoms with Gasteiger partial charge in [-0.05, 0) is 60.2 Å². The molecule has 0 bridgehead atoms. The first-order chi connectivity index (χ1) is 8.88. The highest BCUT2D eigenvalue weighted by atomic mass is 127. The Morgan fingerprint density at radius 2 is 2.00 bits per heavy atom. The van der Waals surface area contributed by atoms with Gasteiger partial charge in [0.15, 0.2) is 0 Å². The van der Waals surface area contributed by atoms with Gasteiger partial charge in [-0.2, -0.15) is 13.2 Å². The summed E-state index contributed by atoms with van der Waals surface area (Å²) in [5.41, 5.74) is 0.336. The van der Waals surface area contributed by atoms with Crippen LogP contribution in [0.15, 0.2) is 18.2 Å². The fourth-order valence-corrected chi connectivity index (χ4v) is 2.99. The van der Waals surface area contributed by atoms with Crippen molar-refractivity contribution in [1.82, 2.24) is 4.90 Å². The second-order valence-electron chi connectivity index (χ2n) is 4.76. The summed E-state index contributed by atoms with van der Waals surface area (Å²) in [6, 6.07) is 3.08. The number of benzene rings is 1. The molecule has 0 amide bonds. The van der Waals surface area contributed by atoms with Crippen molar-refractivity contribution < 1.29 is 17.6 Å². The molecule has 1 aromatic rings. The number of likely N-dealkylation sites (tertiary alicyclic amines) is 1. The minimum absolute atomic E-state index is 0.0207. The van der Waals surface area contributed by atoms with Crippen molar-refractivity contribution >= 4 is 22.6 Å². The molecule has 106 valence electrons. The van der Waals surface area contributed by atoms with Crippen molar-refractivity contribution in [1.29, 1.82) is 0 Å². The van der Waals surface area contributed by atoms with E-state index < -0.39 is 18.0 Å². The van der Waals surface area contributed by atoms with Gasteiger partial charge in [0.1, 0.15) is 11.9 Å². The smallest absolute Gasteiger partial charge is 0.288 e. The Labute approximate surface area is 123 Å². The number of nitrogens with zero attached hydrogens (tertiary/aromatic N) is 1. The second kappa shape index (κ2) is 5.95. The van der Waals surface area contributed by atoms with Crippen LogP contribution < -0.4 is 0 Å². The second-order valence-corrected chi connectivity index (χ2v) is 6.01. The molecule has 1 nitrogen and oxygen atoms in total. The van der Waals surface area contributed by atoms with Crippen LogP contribution in [0.4, 0.5) is 17.6 Å². The molecule has 1 unspecified atom stereocenters. The van der Waals surface area contributed by atoms with Crippen LogP contribution in [0.2, 0.25) is 0 Å². The lowest BCUT2D eigenvalue weighted by Crippen LogP contribution is -2.48. The van der Waals surface area contributed by atoms with Crippen molar-refractivity contribution in [3.05, 3.63) is 33.1 Å². The Hall–Kier alpha value is -0.370. The van der Waals surface area contributed by atoms with Crippen molar-refractivity contribution in [2.45, 2.75) is 38.0 Å². The molecule has 6 heteroatoms. The molecule has 1 fully saturated rings. The van der Waals surface area contributed by atoms with E-state index in [0.29, 0.717) is 18.5 Å². The summed E-state index contributed by atoms with van der Waals surface area (Å²) < 4.78 is 53.3. The lowest BCUT2D eigenvalue weighted by atomic mass is 10.0. The highest BCUT2D eigenvalue weighted by Gasteiger charge is 2.44. The fourth-order valence-electron chi connectivity index (χ4n) is 2.43. The van der Waals surface area contributed by atoms with Crippen molar-refractivity contribution in [2.75, 3.05) is 6.54 Å². The monoisotopic (exact) mass is 387 g/mol. The lowest BCUT2D eigenvalue weighted by Gasteiger charge is -2.36. The maximum Gasteiger partial charge on any atom is 0.404 e. The van der Waals surface area contributed by atoms with Crippen LogP contribution in [0.1, 0.15) is 24.8 Å². The van der Waals surface area contributed by atoms with E-state index in [1.807, 2.05) is 22.6 Å². The summed E-state index contributed by atoms with van der Waals surface area (Å²) in [7, 11) is 0. The van der Waals surface area contributed by atoms with Gasteiger partial charge >= 0.3 is 6.18 Å². The number of hydrogen-bond acceptors (Lipinski definition) is 1. The van der Waals surface area contributed by atoms with E-state index in [2.05, 4.69) is 0 Å². The van der Waals surface area contributed by atoms with Gasteiger partial charge < -0.3 is 0 Å². The van der Waals surface area contributed by atoms with E-state index in [1.165, 1.54) is 11.0 Å². The molecule has 0 aromatic heterocycles. The Bertz CT molecular complexity index is 447. The van der Waals surface area contributed by atoms with E-state index in [0.717, 1.165) is 9.99 Å². The zero-order valence-electron chi connectivity index (χ0n) is 10.2. The van der Waals surface area contributed by atoms with Crippen LogP contribution in [-0.2, 0) is 6.54 Å². The largest absolute Gasteiger partial charge is 0.404 e. The van der Waals surface area contributed by atoms with Crippen LogP contribution in [0.25, 0.3) is 0 Å². The van der Waals surface area contributed by atoms with Crippen LogP contribution in [0, 0.1) is 9.39 Å². The van der Waals surface area contributed by atoms with E-state index in [1.54, 1.807) is 12.1 Å². The molecule has 1 saturated heterocycles. The Balaban J connectivity index is 2.17. The van der Waals surface area contributed by atoms with Crippen LogP contribution in [-0.4, -0.2) is 23.7 Å². The maximum atomic E-state index is 13.6. The molecule has 1 atom stereocenters. The first-order valence-corrected chi connectivity index (χ1v) is 7.20. The van der Waals surface area contributed by atoms with Gasteiger partial charge in [0.25, 0.3) is 0 Å². The molecule has 0 N–H and O–H groups in total. The van der Waals surface area contributed by atoms with Gasteiger partial charge in [-0.3, -0.25) is 4.90 Å². The highest BCUT2D eigenvalue weighted by molar-refractivity contribution is 14.1. The lowest BCUT2D eigenvalue weighted by molar-refractivity contribution is -0.192. The number of hydrogen-bond donors (Lipinski definition) is 0. The summed E-state index contributed by atoms with van der Waals surface area (Å²) >= 11 is 2.03. The average molecular weight is 387 g/mol. The molecule has 0 spiro atoms. The van der Waals surface area contributed by atoms with Gasteiger partial charge in [0.05, 0.1) is 0 Å². The van der Waals surface area contributed by atoms with Gasteiger partial charge in [0, 0.05) is 15.7 Å². The summed E-state index contributed by atoms with van der Waals surface area (Å²) in [6.07, 6.45) is -2.82. The molecule has 19 heavy (non-hydrogen) atoms. The minimum atomic E-state index is -4.24. The Kier molecular flexibility index (Phi) is 4.70. The van der Waals surface area contributed by atoms with Crippen molar-refractivity contribution in [3.63, 3.8) is 0 Å². The topological polar surface area (TPSA) is 3.24 Å². The first-order valence-electron chi connectivity index (χ1n) is 6.12. The molecular weight excluding hydrogens is 373 g/mol. The molecule has 0 aliphatic carbocycles. The Morgan fingerprint density at radius 1 is 1.26 bits per heavy atom. The number of alkyl halides is 3. The van der Waals surface area contributed by atoms with Crippen LogP contribution >= 0.6 is 22.6 Å². The summed E-state index contributed by atoms with van der Waals surface area (Å²) in [5.74, 6) is -0.438. The molecule has 0 saturated carbocycles. The standard InChI is InChI=1S/C13H14F4IN/c14-11-5-4-10(18)7-9(11)8-19-6-2-1-3-12(19)13(15,16)17/h4-5,7,12H,1-3,6,8H2. The zero-order chi connectivity index (χ0) is 14.0. The maximum absolute atomic E-state index is 13.6. The molecular formula is C13H14F4IN. The average Bonchev–Trinajstić information content (AvgIpc) is 2.33. The third-order valence-electron chi connectivity index (χ3n) is 3.37. The number of halogens is 5. The fraction of sp³-hybridized carbons (Fsp3) is 0.538. The van der Waals surface area contributed by atoms with E-state index >= 15 is 0 Å². The third-order valence-corrected chi connectivity index (χ3v) is 4.04. The minimum Gasteiger partial charge on any atom is -0.288 e. The van der Waals surface area contributed by atoms with E-state index in [9.17, 15) is 17.6 Å². The zero-order valence-corrected chi connectivity index (χ0v) is 12.3. The molecule has 2 rings (SSSR count). The molecule has 0 radical (unpaired) electrons. The number of piperidine rings is 1. The van der Waals surface area contributed by atoms with Gasteiger partial charge in [-0.1, -0.05) is 6.42 Å². The quantitative estimate of drug-likeness (QED) is 0.539. The van der Waals surface area contributed by atoms with E-state index in [4.69, 9.17) is 0 Å². The molecule has 1 aliphatic rings. The number of rotatable bonds is 2. The van der Waals surface area contributed by atoms with Crippen LogP contribution in [0.5, 0.6) is 0 Å².